The van der Waals surface area contributed by atoms with E-state index in [9.17, 15) is 5.11 Å². The summed E-state index contributed by atoms with van der Waals surface area (Å²) in [7, 11) is 0. The van der Waals surface area contributed by atoms with Gasteiger partial charge in [-0.05, 0) is 43.5 Å². The van der Waals surface area contributed by atoms with Gasteiger partial charge in [0.15, 0.2) is 17.0 Å². The lowest BCUT2D eigenvalue weighted by molar-refractivity contribution is 0.286. The zero-order valence-electron chi connectivity index (χ0n) is 16.8. The summed E-state index contributed by atoms with van der Waals surface area (Å²) in [5.41, 5.74) is 9.24. The van der Waals surface area contributed by atoms with Crippen molar-refractivity contribution in [2.75, 3.05) is 25.4 Å². The number of nitrogens with zero attached hydrogens (tertiary/aromatic N) is 5. The molecule has 8 nitrogen and oxygen atoms in total. The Labute approximate surface area is 170 Å². The first-order chi connectivity index (χ1) is 14.1. The fraction of sp³-hybridized carbons (Fsp3) is 0.476. The highest BCUT2D eigenvalue weighted by Crippen LogP contribution is 2.26. The number of nitrogen functional groups attached to an aromatic ring is 1. The van der Waals surface area contributed by atoms with Gasteiger partial charge in [-0.15, -0.1) is 0 Å². The van der Waals surface area contributed by atoms with Gasteiger partial charge in [0, 0.05) is 6.54 Å². The highest BCUT2D eigenvalue weighted by atomic mass is 16.5. The molecule has 3 aromatic rings. The Morgan fingerprint density at radius 3 is 2.62 bits per heavy atom. The Morgan fingerprint density at radius 1 is 1.10 bits per heavy atom. The fourth-order valence-electron chi connectivity index (χ4n) is 3.72. The lowest BCUT2D eigenvalue weighted by Crippen LogP contribution is -2.18. The third-order valence-electron chi connectivity index (χ3n) is 5.25. The van der Waals surface area contributed by atoms with E-state index in [2.05, 4.69) is 45.0 Å². The van der Waals surface area contributed by atoms with Crippen LogP contribution in [0.3, 0.4) is 0 Å². The number of nitrogens with two attached hydrogens (primary N) is 1. The van der Waals surface area contributed by atoms with E-state index in [-0.39, 0.29) is 17.8 Å². The van der Waals surface area contributed by atoms with Crippen LogP contribution in [0.2, 0.25) is 0 Å². The molecule has 0 spiro atoms. The SMILES string of the molecule is CCCCOc1nc(N)c2nc(O)n(Cc3cccc(CN4CCCC4)c3)c2n1. The Balaban J connectivity index is 1.59. The maximum Gasteiger partial charge on any atom is 0.320 e. The first kappa shape index (κ1) is 19.4. The molecule has 1 aromatic carbocycles. The van der Waals surface area contributed by atoms with E-state index in [1.165, 1.54) is 18.4 Å². The van der Waals surface area contributed by atoms with Gasteiger partial charge in [-0.2, -0.15) is 15.0 Å². The number of unbranched alkanes of at least 4 members (excludes halogenated alkanes) is 1. The summed E-state index contributed by atoms with van der Waals surface area (Å²) in [6.07, 6.45) is 4.48. The third kappa shape index (κ3) is 4.42. The van der Waals surface area contributed by atoms with Crippen LogP contribution >= 0.6 is 0 Å². The number of rotatable bonds is 8. The van der Waals surface area contributed by atoms with Crippen LogP contribution in [-0.2, 0) is 13.1 Å². The number of aromatic nitrogens is 4. The van der Waals surface area contributed by atoms with Crippen molar-refractivity contribution in [3.63, 3.8) is 0 Å². The van der Waals surface area contributed by atoms with E-state index in [1.54, 1.807) is 4.57 Å². The average Bonchev–Trinajstić information content (AvgIpc) is 3.32. The van der Waals surface area contributed by atoms with Crippen molar-refractivity contribution in [1.82, 2.24) is 24.4 Å². The average molecular weight is 396 g/mol. The summed E-state index contributed by atoms with van der Waals surface area (Å²) in [6, 6.07) is 8.51. The van der Waals surface area contributed by atoms with Crippen LogP contribution in [0.1, 0.15) is 43.7 Å². The van der Waals surface area contributed by atoms with E-state index in [1.807, 2.05) is 6.07 Å². The van der Waals surface area contributed by atoms with E-state index in [4.69, 9.17) is 10.5 Å². The highest BCUT2D eigenvalue weighted by molar-refractivity contribution is 5.83. The van der Waals surface area contributed by atoms with Crippen LogP contribution < -0.4 is 10.5 Å². The van der Waals surface area contributed by atoms with E-state index in [0.717, 1.165) is 38.0 Å². The van der Waals surface area contributed by atoms with Crippen molar-refractivity contribution in [2.24, 2.45) is 0 Å². The van der Waals surface area contributed by atoms with Crippen LogP contribution in [0.5, 0.6) is 12.0 Å². The molecule has 154 valence electrons. The number of benzene rings is 1. The minimum Gasteiger partial charge on any atom is -0.480 e. The van der Waals surface area contributed by atoms with Crippen molar-refractivity contribution in [3.8, 4) is 12.0 Å². The van der Waals surface area contributed by atoms with Crippen molar-refractivity contribution < 1.29 is 9.84 Å². The molecule has 3 heterocycles. The Morgan fingerprint density at radius 2 is 1.86 bits per heavy atom. The zero-order valence-corrected chi connectivity index (χ0v) is 16.8. The van der Waals surface area contributed by atoms with Crippen molar-refractivity contribution in [1.29, 1.82) is 0 Å². The maximum absolute atomic E-state index is 10.4. The molecule has 3 N–H and O–H groups in total. The summed E-state index contributed by atoms with van der Waals surface area (Å²) in [5.74, 6) is 0.207. The van der Waals surface area contributed by atoms with Gasteiger partial charge in [-0.1, -0.05) is 37.6 Å². The van der Waals surface area contributed by atoms with Crippen LogP contribution in [0.25, 0.3) is 11.2 Å². The van der Waals surface area contributed by atoms with Gasteiger partial charge in [0.1, 0.15) is 0 Å². The van der Waals surface area contributed by atoms with Gasteiger partial charge in [-0.25, -0.2) is 0 Å². The van der Waals surface area contributed by atoms with Crippen molar-refractivity contribution >= 4 is 17.0 Å². The van der Waals surface area contributed by atoms with Crippen LogP contribution in [-0.4, -0.2) is 49.2 Å². The topological polar surface area (TPSA) is 102 Å². The molecule has 0 amide bonds. The number of hydrogen-bond acceptors (Lipinski definition) is 7. The highest BCUT2D eigenvalue weighted by Gasteiger charge is 2.18. The number of aromatic hydroxyl groups is 1. The first-order valence-electron chi connectivity index (χ1n) is 10.3. The second kappa shape index (κ2) is 8.65. The summed E-state index contributed by atoms with van der Waals surface area (Å²) in [4.78, 5) is 15.2. The summed E-state index contributed by atoms with van der Waals surface area (Å²) in [5, 5.41) is 10.4. The molecular formula is C21H28N6O2. The smallest absolute Gasteiger partial charge is 0.320 e. The molecule has 0 aliphatic carbocycles. The van der Waals surface area contributed by atoms with Gasteiger partial charge in [-0.3, -0.25) is 9.47 Å². The van der Waals surface area contributed by atoms with Crippen LogP contribution in [0, 0.1) is 0 Å². The second-order valence-corrected chi connectivity index (χ2v) is 7.57. The van der Waals surface area contributed by atoms with Crippen molar-refractivity contribution in [3.05, 3.63) is 35.4 Å². The summed E-state index contributed by atoms with van der Waals surface area (Å²) >= 11 is 0. The van der Waals surface area contributed by atoms with E-state index < -0.39 is 0 Å². The van der Waals surface area contributed by atoms with Gasteiger partial charge < -0.3 is 15.6 Å². The van der Waals surface area contributed by atoms with E-state index >= 15 is 0 Å². The van der Waals surface area contributed by atoms with E-state index in [0.29, 0.717) is 24.3 Å². The molecule has 1 saturated heterocycles. The lowest BCUT2D eigenvalue weighted by Gasteiger charge is -2.15. The molecule has 0 atom stereocenters. The number of hydrogen-bond donors (Lipinski definition) is 2. The quantitative estimate of drug-likeness (QED) is 0.564. The van der Waals surface area contributed by atoms with Gasteiger partial charge in [0.05, 0.1) is 13.2 Å². The molecule has 0 bridgehead atoms. The number of likely N-dealkylation sites (tertiary alicyclic amines) is 1. The Bertz CT molecular complexity index is 981. The molecule has 2 aromatic heterocycles. The first-order valence-corrected chi connectivity index (χ1v) is 10.3. The molecule has 29 heavy (non-hydrogen) atoms. The molecule has 1 aliphatic heterocycles. The predicted octanol–water partition coefficient (Wildman–Crippen LogP) is 2.94. The molecule has 1 fully saturated rings. The minimum atomic E-state index is -0.128. The van der Waals surface area contributed by atoms with Gasteiger partial charge in [0.2, 0.25) is 0 Å². The molecule has 0 saturated carbocycles. The van der Waals surface area contributed by atoms with Crippen LogP contribution in [0.4, 0.5) is 5.82 Å². The standard InChI is InChI=1S/C21H28N6O2/c1-2-3-11-29-20-24-18(22)17-19(25-20)27(21(28)23-17)14-16-8-6-7-15(12-16)13-26-9-4-5-10-26/h6-8,12H,2-5,9-11,13-14H2,1H3,(H,23,28)(H2,22,24,25). The number of anilines is 1. The fourth-order valence-corrected chi connectivity index (χ4v) is 3.72. The predicted molar refractivity (Wildman–Crippen MR) is 112 cm³/mol. The number of fused-ring (bicyclic) bond motifs is 1. The normalized spacial score (nSPS) is 14.7. The second-order valence-electron chi connectivity index (χ2n) is 7.57. The molecule has 1 aliphatic rings. The van der Waals surface area contributed by atoms with Gasteiger partial charge in [0.25, 0.3) is 6.01 Å². The number of imidazole rings is 1. The Hall–Kier alpha value is -2.87. The molecule has 0 radical (unpaired) electrons. The lowest BCUT2D eigenvalue weighted by atomic mass is 10.1. The number of ether oxygens (including phenoxy) is 1. The zero-order chi connectivity index (χ0) is 20.2. The molecular weight excluding hydrogens is 368 g/mol. The minimum absolute atomic E-state index is 0.128. The Kier molecular flexibility index (Phi) is 5.80. The summed E-state index contributed by atoms with van der Waals surface area (Å²) in [6.45, 7) is 6.34. The largest absolute Gasteiger partial charge is 0.480 e. The third-order valence-corrected chi connectivity index (χ3v) is 5.25. The summed E-state index contributed by atoms with van der Waals surface area (Å²) < 4.78 is 7.26. The molecule has 8 heteroatoms. The maximum atomic E-state index is 10.4. The molecule has 4 rings (SSSR count). The van der Waals surface area contributed by atoms with Crippen molar-refractivity contribution in [2.45, 2.75) is 45.7 Å². The molecule has 0 unspecified atom stereocenters. The van der Waals surface area contributed by atoms with Crippen LogP contribution in [0.15, 0.2) is 24.3 Å². The van der Waals surface area contributed by atoms with Gasteiger partial charge >= 0.3 is 6.01 Å². The monoisotopic (exact) mass is 396 g/mol.